The van der Waals surface area contributed by atoms with Gasteiger partial charge in [0.1, 0.15) is 11.3 Å². The molecule has 8 nitrogen and oxygen atoms in total. The van der Waals surface area contributed by atoms with E-state index >= 15 is 0 Å². The Hall–Kier alpha value is -3.16. The molecule has 1 amide bonds. The molecule has 0 saturated carbocycles. The number of aromatic amines is 1. The van der Waals surface area contributed by atoms with Crippen molar-refractivity contribution in [3.05, 3.63) is 34.7 Å². The Labute approximate surface area is 137 Å². The van der Waals surface area contributed by atoms with Crippen LogP contribution in [0.2, 0.25) is 0 Å². The van der Waals surface area contributed by atoms with E-state index in [1.54, 1.807) is 12.1 Å². The lowest BCUT2D eigenvalue weighted by atomic mass is 10.1. The third-order valence-corrected chi connectivity index (χ3v) is 3.51. The third kappa shape index (κ3) is 2.62. The number of rotatable bonds is 3. The zero-order valence-corrected chi connectivity index (χ0v) is 13.5. The first kappa shape index (κ1) is 15.7. The zero-order valence-electron chi connectivity index (χ0n) is 13.5. The number of amides is 1. The molecule has 2 aromatic heterocycles. The molecule has 1 aromatic carbocycles. The highest BCUT2D eigenvalue weighted by Gasteiger charge is 2.23. The van der Waals surface area contributed by atoms with E-state index in [1.165, 1.54) is 16.7 Å². The number of imidazole rings is 1. The monoisotopic (exact) mass is 327 g/mol. The fourth-order valence-electron chi connectivity index (χ4n) is 2.54. The maximum atomic E-state index is 12.3. The number of anilines is 1. The minimum Gasteiger partial charge on any atom is -0.508 e. The summed E-state index contributed by atoms with van der Waals surface area (Å²) in [4.78, 5) is 34.7. The lowest BCUT2D eigenvalue weighted by Crippen LogP contribution is -2.32. The number of H-pyrrole nitrogens is 1. The van der Waals surface area contributed by atoms with Gasteiger partial charge in [0.2, 0.25) is 6.41 Å². The van der Waals surface area contributed by atoms with Crippen LogP contribution in [-0.4, -0.2) is 31.0 Å². The van der Waals surface area contributed by atoms with Crippen LogP contribution in [0, 0.1) is 0 Å². The molecule has 3 rings (SSSR count). The van der Waals surface area contributed by atoms with Gasteiger partial charge in [0.15, 0.2) is 17.3 Å². The smallest absolute Gasteiger partial charge is 0.328 e. The molecule has 0 spiro atoms. The van der Waals surface area contributed by atoms with Gasteiger partial charge in [0.25, 0.3) is 0 Å². The Morgan fingerprint density at radius 1 is 1.29 bits per heavy atom. The van der Waals surface area contributed by atoms with Crippen molar-refractivity contribution in [3.63, 3.8) is 0 Å². The van der Waals surface area contributed by atoms with Crippen LogP contribution in [0.25, 0.3) is 22.6 Å². The fraction of sp³-hybridized carbons (Fsp3) is 0.250. The normalized spacial score (nSPS) is 11.6. The number of aromatic nitrogens is 4. The van der Waals surface area contributed by atoms with Crippen molar-refractivity contribution in [2.75, 3.05) is 5.32 Å². The number of carbonyl (C=O) groups is 1. The van der Waals surface area contributed by atoms with E-state index in [4.69, 9.17) is 0 Å². The largest absolute Gasteiger partial charge is 0.508 e. The highest BCUT2D eigenvalue weighted by atomic mass is 16.3. The van der Waals surface area contributed by atoms with Crippen LogP contribution in [0.1, 0.15) is 20.8 Å². The van der Waals surface area contributed by atoms with Crippen LogP contribution in [0.15, 0.2) is 29.1 Å². The van der Waals surface area contributed by atoms with Crippen LogP contribution in [-0.2, 0) is 10.3 Å². The summed E-state index contributed by atoms with van der Waals surface area (Å²) in [5.74, 6) is 0.566. The fourth-order valence-corrected chi connectivity index (χ4v) is 2.54. The first-order chi connectivity index (χ1) is 11.3. The molecule has 0 aliphatic heterocycles. The molecule has 3 aromatic rings. The standard InChI is InChI=1S/C16H17N5O3/c1-16(2,3)21-14-11(18-15(21)24)13(17-8-22)19-12(20-14)9-5-4-6-10(23)7-9/h4-8,23H,1-3H3,(H,18,24)(H,17,19,20,22). The van der Waals surface area contributed by atoms with Crippen LogP contribution < -0.4 is 11.0 Å². The molecule has 0 unspecified atom stereocenters. The molecule has 0 saturated heterocycles. The minimum atomic E-state index is -0.516. The van der Waals surface area contributed by atoms with Gasteiger partial charge in [0.05, 0.1) is 0 Å². The molecule has 0 bridgehead atoms. The molecule has 0 aliphatic carbocycles. The predicted octanol–water partition coefficient (Wildman–Crippen LogP) is 1.82. The van der Waals surface area contributed by atoms with Crippen molar-refractivity contribution in [1.29, 1.82) is 0 Å². The predicted molar refractivity (Wildman–Crippen MR) is 89.9 cm³/mol. The van der Waals surface area contributed by atoms with E-state index in [9.17, 15) is 14.7 Å². The average Bonchev–Trinajstić information content (AvgIpc) is 2.83. The van der Waals surface area contributed by atoms with Gasteiger partial charge < -0.3 is 15.4 Å². The number of carbonyl (C=O) groups excluding carboxylic acids is 1. The molecular formula is C16H17N5O3. The summed E-state index contributed by atoms with van der Waals surface area (Å²) in [6.07, 6.45) is 0.487. The minimum absolute atomic E-state index is 0.0726. The van der Waals surface area contributed by atoms with Crippen molar-refractivity contribution in [2.24, 2.45) is 0 Å². The maximum absolute atomic E-state index is 12.3. The van der Waals surface area contributed by atoms with Gasteiger partial charge in [-0.25, -0.2) is 14.8 Å². The SMILES string of the molecule is CC(C)(C)n1c(=O)[nH]c2c(NC=O)nc(-c3cccc(O)c3)nc21. The van der Waals surface area contributed by atoms with E-state index in [-0.39, 0.29) is 17.3 Å². The molecule has 2 heterocycles. The summed E-state index contributed by atoms with van der Waals surface area (Å²) in [6, 6.07) is 6.45. The molecular weight excluding hydrogens is 310 g/mol. The summed E-state index contributed by atoms with van der Waals surface area (Å²) in [6.45, 7) is 5.64. The van der Waals surface area contributed by atoms with E-state index < -0.39 is 5.54 Å². The molecule has 24 heavy (non-hydrogen) atoms. The van der Waals surface area contributed by atoms with Crippen molar-refractivity contribution < 1.29 is 9.90 Å². The van der Waals surface area contributed by atoms with Crippen molar-refractivity contribution in [1.82, 2.24) is 19.5 Å². The van der Waals surface area contributed by atoms with E-state index in [0.717, 1.165) is 0 Å². The van der Waals surface area contributed by atoms with E-state index in [0.29, 0.717) is 29.0 Å². The van der Waals surface area contributed by atoms with Crippen LogP contribution >= 0.6 is 0 Å². The second kappa shape index (κ2) is 5.48. The number of benzene rings is 1. The zero-order chi connectivity index (χ0) is 17.5. The summed E-state index contributed by atoms with van der Waals surface area (Å²) in [7, 11) is 0. The number of nitrogens with zero attached hydrogens (tertiary/aromatic N) is 3. The molecule has 124 valence electrons. The van der Waals surface area contributed by atoms with Gasteiger partial charge in [-0.15, -0.1) is 0 Å². The van der Waals surface area contributed by atoms with Crippen molar-refractivity contribution in [2.45, 2.75) is 26.3 Å². The number of hydrogen-bond acceptors (Lipinski definition) is 5. The Morgan fingerprint density at radius 2 is 2.04 bits per heavy atom. The molecule has 0 fully saturated rings. The van der Waals surface area contributed by atoms with Crippen LogP contribution in [0.4, 0.5) is 5.82 Å². The molecule has 0 aliphatic rings. The number of aromatic hydroxyl groups is 1. The molecule has 8 heteroatoms. The van der Waals surface area contributed by atoms with E-state index in [2.05, 4.69) is 20.3 Å². The summed E-state index contributed by atoms with van der Waals surface area (Å²) >= 11 is 0. The van der Waals surface area contributed by atoms with Gasteiger partial charge in [0, 0.05) is 11.1 Å². The lowest BCUT2D eigenvalue weighted by molar-refractivity contribution is -0.105. The third-order valence-electron chi connectivity index (χ3n) is 3.51. The number of phenolic OH excluding ortho intramolecular Hbond substituents is 1. The average molecular weight is 327 g/mol. The van der Waals surface area contributed by atoms with Gasteiger partial charge in [-0.1, -0.05) is 12.1 Å². The van der Waals surface area contributed by atoms with Crippen molar-refractivity contribution in [3.8, 4) is 17.1 Å². The Balaban J connectivity index is 2.37. The number of fused-ring (bicyclic) bond motifs is 1. The van der Waals surface area contributed by atoms with Gasteiger partial charge in [-0.3, -0.25) is 9.36 Å². The maximum Gasteiger partial charge on any atom is 0.328 e. The van der Waals surface area contributed by atoms with E-state index in [1.807, 2.05) is 20.8 Å². The number of phenols is 1. The summed E-state index contributed by atoms with van der Waals surface area (Å²) in [5.41, 5.74) is 0.447. The molecule has 3 N–H and O–H groups in total. The van der Waals surface area contributed by atoms with Crippen LogP contribution in [0.5, 0.6) is 5.75 Å². The Bertz CT molecular complexity index is 982. The van der Waals surface area contributed by atoms with Gasteiger partial charge in [-0.05, 0) is 32.9 Å². The van der Waals surface area contributed by atoms with Gasteiger partial charge in [-0.2, -0.15) is 0 Å². The lowest BCUT2D eigenvalue weighted by Gasteiger charge is -2.20. The highest BCUT2D eigenvalue weighted by molar-refractivity contribution is 5.90. The summed E-state index contributed by atoms with van der Waals surface area (Å²) < 4.78 is 1.51. The number of hydrogen-bond donors (Lipinski definition) is 3. The second-order valence-electron chi connectivity index (χ2n) is 6.34. The Kier molecular flexibility index (Phi) is 3.59. The van der Waals surface area contributed by atoms with Crippen LogP contribution in [0.3, 0.4) is 0 Å². The Morgan fingerprint density at radius 3 is 2.67 bits per heavy atom. The quantitative estimate of drug-likeness (QED) is 0.635. The van der Waals surface area contributed by atoms with Gasteiger partial charge >= 0.3 is 5.69 Å². The molecule has 0 radical (unpaired) electrons. The molecule has 0 atom stereocenters. The highest BCUT2D eigenvalue weighted by Crippen LogP contribution is 2.27. The first-order valence-electron chi connectivity index (χ1n) is 7.34. The topological polar surface area (TPSA) is 113 Å². The second-order valence-corrected chi connectivity index (χ2v) is 6.34. The van der Waals surface area contributed by atoms with Crippen molar-refractivity contribution >= 4 is 23.4 Å². The number of nitrogens with one attached hydrogen (secondary N) is 2. The summed E-state index contributed by atoms with van der Waals surface area (Å²) in [5, 5.41) is 12.1. The first-order valence-corrected chi connectivity index (χ1v) is 7.34.